The van der Waals surface area contributed by atoms with Crippen molar-refractivity contribution >= 4 is 41.2 Å². The van der Waals surface area contributed by atoms with E-state index in [9.17, 15) is 23.6 Å². The molecule has 2 N–H and O–H groups in total. The Morgan fingerprint density at radius 1 is 1.00 bits per heavy atom. The Morgan fingerprint density at radius 3 is 2.47 bits per heavy atom. The molecule has 1 aliphatic heterocycles. The number of halogens is 1. The van der Waals surface area contributed by atoms with Crippen molar-refractivity contribution in [2.24, 2.45) is 0 Å². The minimum absolute atomic E-state index is 0.223. The quantitative estimate of drug-likeness (QED) is 0.402. The number of carbonyl (C=O) groups excluding carboxylic acids is 4. The molecule has 0 unspecified atom stereocenters. The highest BCUT2D eigenvalue weighted by atomic mass is 19.1. The van der Waals surface area contributed by atoms with Crippen LogP contribution in [0.1, 0.15) is 16.7 Å². The molecule has 5 amide bonds. The molecule has 0 saturated carbocycles. The van der Waals surface area contributed by atoms with Crippen LogP contribution in [0.5, 0.6) is 5.75 Å². The number of rotatable bonds is 6. The number of anilines is 2. The van der Waals surface area contributed by atoms with Gasteiger partial charge in [0.25, 0.3) is 17.7 Å². The van der Waals surface area contributed by atoms with Gasteiger partial charge in [-0.3, -0.25) is 19.7 Å². The Bertz CT molecular complexity index is 1400. The Balaban J connectivity index is 1.49. The number of imide groups is 2. The first-order chi connectivity index (χ1) is 17.2. The molecule has 0 radical (unpaired) electrons. The molecule has 1 saturated heterocycles. The van der Waals surface area contributed by atoms with E-state index < -0.39 is 29.6 Å². The van der Waals surface area contributed by atoms with Crippen LogP contribution < -0.4 is 20.3 Å². The normalized spacial score (nSPS) is 14.6. The average molecular weight is 487 g/mol. The molecule has 3 aromatic rings. The van der Waals surface area contributed by atoms with Crippen molar-refractivity contribution in [1.29, 1.82) is 0 Å². The Kier molecular flexibility index (Phi) is 6.91. The van der Waals surface area contributed by atoms with Gasteiger partial charge in [-0.05, 0) is 85.1 Å². The molecule has 1 aliphatic rings. The summed E-state index contributed by atoms with van der Waals surface area (Å²) in [6, 6.07) is 16.1. The molecule has 1 heterocycles. The number of hydrogen-bond donors (Lipinski definition) is 2. The van der Waals surface area contributed by atoms with Crippen molar-refractivity contribution in [3.63, 3.8) is 0 Å². The van der Waals surface area contributed by atoms with Crippen LogP contribution in [0.4, 0.5) is 20.6 Å². The van der Waals surface area contributed by atoms with Crippen molar-refractivity contribution in [3.8, 4) is 5.75 Å². The first-order valence-electron chi connectivity index (χ1n) is 11.0. The van der Waals surface area contributed by atoms with Gasteiger partial charge in [0.2, 0.25) is 0 Å². The number of carbonyl (C=O) groups is 4. The highest BCUT2D eigenvalue weighted by Gasteiger charge is 2.36. The van der Waals surface area contributed by atoms with Crippen LogP contribution in [0.3, 0.4) is 0 Å². The SMILES string of the molecule is Cc1ccc(N2C(=O)NC(=O)C(=Cc3cccc(OCC(=O)Nc4ccc(F)cc4)c3)C2=O)cc1C. The average Bonchev–Trinajstić information content (AvgIpc) is 2.84. The van der Waals surface area contributed by atoms with Gasteiger partial charge >= 0.3 is 6.03 Å². The molecule has 4 rings (SSSR count). The summed E-state index contributed by atoms with van der Waals surface area (Å²) in [4.78, 5) is 51.0. The van der Waals surface area contributed by atoms with Crippen molar-refractivity contribution in [2.75, 3.05) is 16.8 Å². The second-order valence-corrected chi connectivity index (χ2v) is 8.14. The fourth-order valence-electron chi connectivity index (χ4n) is 3.50. The van der Waals surface area contributed by atoms with E-state index >= 15 is 0 Å². The van der Waals surface area contributed by atoms with E-state index in [1.54, 1.807) is 42.5 Å². The lowest BCUT2D eigenvalue weighted by molar-refractivity contribution is -0.122. The maximum atomic E-state index is 13.1. The minimum Gasteiger partial charge on any atom is -0.484 e. The summed E-state index contributed by atoms with van der Waals surface area (Å²) in [6.07, 6.45) is 1.35. The van der Waals surface area contributed by atoms with Crippen LogP contribution in [0.25, 0.3) is 6.08 Å². The summed E-state index contributed by atoms with van der Waals surface area (Å²) in [5.41, 5.74) is 2.90. The fourth-order valence-corrected chi connectivity index (χ4v) is 3.50. The summed E-state index contributed by atoms with van der Waals surface area (Å²) in [7, 11) is 0. The van der Waals surface area contributed by atoms with Crippen LogP contribution in [-0.4, -0.2) is 30.4 Å². The number of barbiturate groups is 1. The largest absolute Gasteiger partial charge is 0.484 e. The number of nitrogens with zero attached hydrogens (tertiary/aromatic N) is 1. The second-order valence-electron chi connectivity index (χ2n) is 8.14. The smallest absolute Gasteiger partial charge is 0.335 e. The molecular formula is C27H22FN3O5. The minimum atomic E-state index is -0.824. The van der Waals surface area contributed by atoms with Crippen molar-refractivity contribution < 1.29 is 28.3 Å². The van der Waals surface area contributed by atoms with Gasteiger partial charge in [-0.1, -0.05) is 18.2 Å². The van der Waals surface area contributed by atoms with Gasteiger partial charge in [0, 0.05) is 5.69 Å². The second kappa shape index (κ2) is 10.2. The molecule has 0 atom stereocenters. The molecule has 8 nitrogen and oxygen atoms in total. The highest BCUT2D eigenvalue weighted by Crippen LogP contribution is 2.25. The fraction of sp³-hybridized carbons (Fsp3) is 0.111. The van der Waals surface area contributed by atoms with E-state index in [1.165, 1.54) is 30.3 Å². The summed E-state index contributed by atoms with van der Waals surface area (Å²) >= 11 is 0. The van der Waals surface area contributed by atoms with Gasteiger partial charge in [0.15, 0.2) is 6.61 Å². The number of ether oxygens (including phenoxy) is 1. The zero-order valence-corrected chi connectivity index (χ0v) is 19.5. The van der Waals surface area contributed by atoms with E-state index in [4.69, 9.17) is 4.74 Å². The van der Waals surface area contributed by atoms with Crippen LogP contribution >= 0.6 is 0 Å². The maximum Gasteiger partial charge on any atom is 0.335 e. The molecule has 1 fully saturated rings. The van der Waals surface area contributed by atoms with E-state index in [-0.39, 0.29) is 12.2 Å². The number of amides is 5. The molecular weight excluding hydrogens is 465 g/mol. The van der Waals surface area contributed by atoms with Crippen LogP contribution in [0.2, 0.25) is 0 Å². The molecule has 0 aromatic heterocycles. The molecule has 36 heavy (non-hydrogen) atoms. The van der Waals surface area contributed by atoms with Crippen molar-refractivity contribution in [2.45, 2.75) is 13.8 Å². The number of urea groups is 1. The standard InChI is InChI=1S/C27H22FN3O5/c1-16-6-11-21(12-17(16)2)31-26(34)23(25(33)30-27(31)35)14-18-4-3-5-22(13-18)36-15-24(32)29-20-9-7-19(28)8-10-20/h3-14H,15H2,1-2H3,(H,29,32)(H,30,33,35). The summed E-state index contributed by atoms with van der Waals surface area (Å²) in [5.74, 6) is -2.10. The summed E-state index contributed by atoms with van der Waals surface area (Å²) < 4.78 is 18.5. The van der Waals surface area contributed by atoms with Gasteiger partial charge in [-0.15, -0.1) is 0 Å². The molecule has 0 aliphatic carbocycles. The monoisotopic (exact) mass is 487 g/mol. The highest BCUT2D eigenvalue weighted by molar-refractivity contribution is 6.39. The number of nitrogens with one attached hydrogen (secondary N) is 2. The topological polar surface area (TPSA) is 105 Å². The Morgan fingerprint density at radius 2 is 1.75 bits per heavy atom. The van der Waals surface area contributed by atoms with Gasteiger partial charge in [-0.2, -0.15) is 0 Å². The first kappa shape index (κ1) is 24.3. The lowest BCUT2D eigenvalue weighted by Crippen LogP contribution is -2.54. The van der Waals surface area contributed by atoms with Crippen molar-refractivity contribution in [1.82, 2.24) is 5.32 Å². The lowest BCUT2D eigenvalue weighted by atomic mass is 10.0. The van der Waals surface area contributed by atoms with Crippen LogP contribution in [0, 0.1) is 19.7 Å². The third-order valence-corrected chi connectivity index (χ3v) is 5.52. The predicted octanol–water partition coefficient (Wildman–Crippen LogP) is 4.13. The molecule has 0 bridgehead atoms. The molecule has 9 heteroatoms. The van der Waals surface area contributed by atoms with Crippen molar-refractivity contribution in [3.05, 3.63) is 94.8 Å². The van der Waals surface area contributed by atoms with Gasteiger partial charge < -0.3 is 10.1 Å². The predicted molar refractivity (Wildman–Crippen MR) is 132 cm³/mol. The maximum absolute atomic E-state index is 13.1. The van der Waals surface area contributed by atoms with E-state index in [0.717, 1.165) is 16.0 Å². The summed E-state index contributed by atoms with van der Waals surface area (Å²) in [6.45, 7) is 3.46. The molecule has 0 spiro atoms. The zero-order chi connectivity index (χ0) is 25.8. The first-order valence-corrected chi connectivity index (χ1v) is 11.0. The van der Waals surface area contributed by atoms with E-state index in [0.29, 0.717) is 22.7 Å². The third kappa shape index (κ3) is 5.47. The Labute approximate surface area is 206 Å². The number of aryl methyl sites for hydroxylation is 2. The van der Waals surface area contributed by atoms with E-state index in [1.807, 2.05) is 13.8 Å². The number of benzene rings is 3. The molecule has 3 aromatic carbocycles. The lowest BCUT2D eigenvalue weighted by Gasteiger charge is -2.26. The van der Waals surface area contributed by atoms with Crippen LogP contribution in [0.15, 0.2) is 72.3 Å². The van der Waals surface area contributed by atoms with Crippen LogP contribution in [-0.2, 0) is 14.4 Å². The van der Waals surface area contributed by atoms with Gasteiger partial charge in [0.05, 0.1) is 5.69 Å². The Hall–Kier alpha value is -4.79. The third-order valence-electron chi connectivity index (χ3n) is 5.52. The van der Waals surface area contributed by atoms with Gasteiger partial charge in [0.1, 0.15) is 17.1 Å². The molecule has 182 valence electrons. The zero-order valence-electron chi connectivity index (χ0n) is 19.5. The summed E-state index contributed by atoms with van der Waals surface area (Å²) in [5, 5.41) is 4.78. The van der Waals surface area contributed by atoms with Gasteiger partial charge in [-0.25, -0.2) is 14.1 Å². The number of hydrogen-bond acceptors (Lipinski definition) is 5. The van der Waals surface area contributed by atoms with E-state index in [2.05, 4.69) is 10.6 Å².